The lowest BCUT2D eigenvalue weighted by atomic mass is 9.94. The van der Waals surface area contributed by atoms with Gasteiger partial charge >= 0.3 is 6.03 Å². The maximum atomic E-state index is 13.6. The van der Waals surface area contributed by atoms with E-state index in [1.165, 1.54) is 35.1 Å². The summed E-state index contributed by atoms with van der Waals surface area (Å²) in [4.78, 5) is 13.7. The molecule has 2 N–H and O–H groups in total. The Morgan fingerprint density at radius 3 is 2.55 bits per heavy atom. The Bertz CT molecular complexity index is 1230. The maximum Gasteiger partial charge on any atom is 0.319 e. The number of anilines is 1. The molecule has 2 amide bonds. The summed E-state index contributed by atoms with van der Waals surface area (Å²) in [5, 5.41) is 10.8. The Morgan fingerprint density at radius 2 is 1.88 bits per heavy atom. The Kier molecular flexibility index (Phi) is 5.07. The summed E-state index contributed by atoms with van der Waals surface area (Å²) in [6, 6.07) is 2.22. The van der Waals surface area contributed by atoms with Gasteiger partial charge in [-0.25, -0.2) is 9.48 Å². The number of aromatic nitrogens is 2. The van der Waals surface area contributed by atoms with E-state index in [2.05, 4.69) is 35.6 Å². The van der Waals surface area contributed by atoms with Gasteiger partial charge in [0.2, 0.25) is 5.88 Å². The summed E-state index contributed by atoms with van der Waals surface area (Å²) < 4.78 is 21.4. The number of fused-ring (bicyclic) bond motifs is 3. The van der Waals surface area contributed by atoms with E-state index in [1.807, 2.05) is 4.68 Å². The lowest BCUT2D eigenvalue weighted by Crippen LogP contribution is -2.34. The van der Waals surface area contributed by atoms with Crippen LogP contribution in [-0.4, -0.2) is 44.0 Å². The minimum Gasteiger partial charge on any atom is -0.476 e. The molecule has 180 valence electrons. The van der Waals surface area contributed by atoms with E-state index >= 15 is 0 Å². The summed E-state index contributed by atoms with van der Waals surface area (Å²) in [6.07, 6.45) is 8.38. The molecule has 6 rings (SSSR count). The average molecular weight is 491 g/mol. The fourth-order valence-electron chi connectivity index (χ4n) is 5.56. The van der Waals surface area contributed by atoms with Gasteiger partial charge in [0.05, 0.1) is 25.2 Å². The SMILES string of the molecule is CC1(C)COc2c([SH](=O)=[SH]3(CNC(=O)Nc4c5c(cc6c4CCC6)CCC5)CC3)cnn2C1. The lowest BCUT2D eigenvalue weighted by Gasteiger charge is -2.30. The minimum atomic E-state index is -1.74. The summed E-state index contributed by atoms with van der Waals surface area (Å²) >= 11 is 0. The van der Waals surface area contributed by atoms with E-state index in [9.17, 15) is 9.00 Å². The molecule has 1 unspecified atom stereocenters. The van der Waals surface area contributed by atoms with Crippen LogP contribution in [-0.2, 0) is 50.2 Å². The van der Waals surface area contributed by atoms with Crippen molar-refractivity contribution in [2.45, 2.75) is 63.8 Å². The number of carbonyl (C=O) groups excluding carboxylic acids is 1. The van der Waals surface area contributed by atoms with Gasteiger partial charge in [0.25, 0.3) is 0 Å². The van der Waals surface area contributed by atoms with Gasteiger partial charge in [-0.2, -0.15) is 13.7 Å². The molecular weight excluding hydrogens is 456 g/mol. The van der Waals surface area contributed by atoms with Gasteiger partial charge in [-0.15, -0.1) is 0 Å². The number of carbonyl (C=O) groups is 1. The molecule has 2 aromatic rings. The molecule has 0 spiro atoms. The normalized spacial score (nSPS) is 23.0. The number of urea groups is 1. The second-order valence-electron chi connectivity index (χ2n) is 10.8. The van der Waals surface area contributed by atoms with E-state index in [1.54, 1.807) is 6.20 Å². The van der Waals surface area contributed by atoms with Crippen LogP contribution in [0.2, 0.25) is 0 Å². The molecule has 1 fully saturated rings. The molecule has 7 nitrogen and oxygen atoms in total. The molecule has 2 aliphatic carbocycles. The third-order valence-corrected chi connectivity index (χ3v) is 15.8. The zero-order valence-corrected chi connectivity index (χ0v) is 21.2. The predicted molar refractivity (Wildman–Crippen MR) is 135 cm³/mol. The van der Waals surface area contributed by atoms with Crippen molar-refractivity contribution in [2.75, 3.05) is 29.3 Å². The van der Waals surface area contributed by atoms with Crippen LogP contribution in [0.1, 0.15) is 48.9 Å². The summed E-state index contributed by atoms with van der Waals surface area (Å²) in [6.45, 7) is 5.66. The third kappa shape index (κ3) is 3.77. The summed E-state index contributed by atoms with van der Waals surface area (Å²) in [5.74, 6) is 3.09. The van der Waals surface area contributed by atoms with E-state index in [0.717, 1.165) is 54.3 Å². The van der Waals surface area contributed by atoms with Crippen LogP contribution in [0.3, 0.4) is 0 Å². The number of hydrogen-bond acceptors (Lipinski definition) is 4. The summed E-state index contributed by atoms with van der Waals surface area (Å²) in [7, 11) is -3.34. The van der Waals surface area contributed by atoms with Crippen LogP contribution >= 0.6 is 0 Å². The van der Waals surface area contributed by atoms with Crippen molar-refractivity contribution >= 4 is 29.7 Å². The van der Waals surface area contributed by atoms with E-state index in [0.29, 0.717) is 18.4 Å². The zero-order valence-electron chi connectivity index (χ0n) is 19.4. The number of ether oxygens (including phenoxy) is 1. The number of nitrogens with one attached hydrogen (secondary N) is 2. The molecule has 33 heavy (non-hydrogen) atoms. The van der Waals surface area contributed by atoms with Gasteiger partial charge < -0.3 is 15.4 Å². The largest absolute Gasteiger partial charge is 0.476 e. The highest BCUT2D eigenvalue weighted by molar-refractivity contribution is 8.52. The van der Waals surface area contributed by atoms with Crippen molar-refractivity contribution < 1.29 is 13.7 Å². The number of hydrogen-bond donors (Lipinski definition) is 4. The molecule has 0 saturated carbocycles. The van der Waals surface area contributed by atoms with Crippen LogP contribution < -0.4 is 15.4 Å². The van der Waals surface area contributed by atoms with Gasteiger partial charge in [0, 0.05) is 20.5 Å². The second kappa shape index (κ2) is 7.77. The standard InChI is InChI=1S/C24H34N4O3S2/c1-24(2)13-28-22(31-14-24)20(12-26-28)32(30)33(9-10-33)15-25-23(29)27-21-18-7-3-5-16(18)11-17-6-4-8-19(17)21/h11-12,32-33H,3-10,13-15H2,1-2H3,(H2,25,27,29). The Balaban J connectivity index is 1.20. The first kappa shape index (κ1) is 21.5. The predicted octanol–water partition coefficient (Wildman–Crippen LogP) is 2.71. The van der Waals surface area contributed by atoms with Crippen LogP contribution in [0.4, 0.5) is 10.5 Å². The fourth-order valence-corrected chi connectivity index (χ4v) is 13.0. The van der Waals surface area contributed by atoms with Crippen LogP contribution in [0.25, 0.3) is 0 Å². The van der Waals surface area contributed by atoms with Gasteiger partial charge in [-0.3, -0.25) is 4.21 Å². The Labute approximate surface area is 197 Å². The van der Waals surface area contributed by atoms with Gasteiger partial charge in [-0.05, 0) is 72.3 Å². The Morgan fingerprint density at radius 1 is 1.18 bits per heavy atom. The van der Waals surface area contributed by atoms with Crippen molar-refractivity contribution in [3.63, 3.8) is 0 Å². The van der Waals surface area contributed by atoms with Crippen LogP contribution in [0, 0.1) is 5.41 Å². The molecule has 1 aromatic carbocycles. The highest BCUT2D eigenvalue weighted by Gasteiger charge is 2.34. The first-order chi connectivity index (χ1) is 15.9. The van der Waals surface area contributed by atoms with Gasteiger partial charge in [0.15, 0.2) is 0 Å². The van der Waals surface area contributed by atoms with Gasteiger partial charge in [0.1, 0.15) is 4.90 Å². The molecule has 3 heterocycles. The average Bonchev–Trinajstić information content (AvgIpc) is 3.11. The molecule has 4 aliphatic rings. The molecule has 9 heteroatoms. The number of rotatable bonds is 4. The fraction of sp³-hybridized carbons (Fsp3) is 0.583. The molecule has 0 bridgehead atoms. The van der Waals surface area contributed by atoms with E-state index < -0.39 is 17.9 Å². The summed E-state index contributed by atoms with van der Waals surface area (Å²) in [5.41, 5.74) is 6.57. The first-order valence-corrected chi connectivity index (χ1v) is 16.4. The van der Waals surface area contributed by atoms with Crippen LogP contribution in [0.5, 0.6) is 5.88 Å². The van der Waals surface area contributed by atoms with Crippen LogP contribution in [0.15, 0.2) is 17.2 Å². The maximum absolute atomic E-state index is 13.6. The number of thiol groups is 2. The molecule has 1 aromatic heterocycles. The zero-order chi connectivity index (χ0) is 22.8. The number of aryl methyl sites for hydroxylation is 2. The molecule has 1 saturated heterocycles. The topological polar surface area (TPSA) is 85.2 Å². The van der Waals surface area contributed by atoms with Gasteiger partial charge in [-0.1, -0.05) is 19.9 Å². The van der Waals surface area contributed by atoms with Crippen molar-refractivity contribution in [3.8, 4) is 5.88 Å². The minimum absolute atomic E-state index is 0.0196. The van der Waals surface area contributed by atoms with Crippen molar-refractivity contribution in [1.29, 1.82) is 0 Å². The van der Waals surface area contributed by atoms with E-state index in [-0.39, 0.29) is 11.4 Å². The highest BCUT2D eigenvalue weighted by Crippen LogP contribution is 2.39. The van der Waals surface area contributed by atoms with Crippen molar-refractivity contribution in [2.24, 2.45) is 5.41 Å². The first-order valence-electron chi connectivity index (χ1n) is 12.1. The second-order valence-corrected chi connectivity index (χ2v) is 18.8. The quantitative estimate of drug-likeness (QED) is 0.392. The Hall–Kier alpha value is -2.00. The number of benzene rings is 1. The van der Waals surface area contributed by atoms with E-state index in [4.69, 9.17) is 4.74 Å². The smallest absolute Gasteiger partial charge is 0.319 e. The highest BCUT2D eigenvalue weighted by atomic mass is 32.9. The molecule has 2 aliphatic heterocycles. The molecule has 1 atom stereocenters. The number of amides is 2. The monoisotopic (exact) mass is 490 g/mol. The molecule has 0 radical (unpaired) electrons. The molecular formula is C24H34N4O3S2. The third-order valence-electron chi connectivity index (χ3n) is 7.53. The van der Waals surface area contributed by atoms with Crippen molar-refractivity contribution in [1.82, 2.24) is 15.1 Å². The lowest BCUT2D eigenvalue weighted by molar-refractivity contribution is 0.0972. The van der Waals surface area contributed by atoms with Crippen molar-refractivity contribution in [3.05, 3.63) is 34.5 Å². The number of nitrogens with zero attached hydrogens (tertiary/aromatic N) is 2.